The van der Waals surface area contributed by atoms with Crippen molar-refractivity contribution in [3.05, 3.63) is 214 Å². The van der Waals surface area contributed by atoms with Crippen molar-refractivity contribution in [1.82, 2.24) is 15.2 Å². The number of anilines is 1. The summed E-state index contributed by atoms with van der Waals surface area (Å²) >= 11 is 9.08. The summed E-state index contributed by atoms with van der Waals surface area (Å²) in [6.45, 7) is 3.73. The minimum atomic E-state index is -0.987. The van der Waals surface area contributed by atoms with Crippen molar-refractivity contribution < 1.29 is 24.0 Å². The monoisotopic (exact) mass is 865 g/mol. The number of hydrogen-bond donors (Lipinski definition) is 2. The molecule has 0 saturated carbocycles. The summed E-state index contributed by atoms with van der Waals surface area (Å²) in [6, 6.07) is 48.1. The molecular weight excluding hydrogens is 826 g/mol. The predicted molar refractivity (Wildman–Crippen MR) is 241 cm³/mol. The molecule has 306 valence electrons. The van der Waals surface area contributed by atoms with Gasteiger partial charge in [-0.1, -0.05) is 169 Å². The molecule has 13 heteroatoms. The van der Waals surface area contributed by atoms with Gasteiger partial charge in [-0.3, -0.25) is 14.5 Å². The van der Waals surface area contributed by atoms with Gasteiger partial charge in [-0.15, -0.1) is 34.7 Å². The third-order valence-corrected chi connectivity index (χ3v) is 12.8. The zero-order valence-corrected chi connectivity index (χ0v) is 35.1. The summed E-state index contributed by atoms with van der Waals surface area (Å²) in [5.74, 6) is -1.47. The quantitative estimate of drug-likeness (QED) is 0.0145. The molecule has 5 aromatic carbocycles. The van der Waals surface area contributed by atoms with Gasteiger partial charge in [0.15, 0.2) is 16.9 Å². The normalized spacial score (nSPS) is 16.3. The molecule has 1 unspecified atom stereocenters. The molecule has 61 heavy (non-hydrogen) atoms. The van der Waals surface area contributed by atoms with Crippen molar-refractivity contribution in [2.75, 3.05) is 23.6 Å². The highest BCUT2D eigenvalue weighted by Gasteiger charge is 2.55. The van der Waals surface area contributed by atoms with Gasteiger partial charge in [-0.2, -0.15) is 0 Å². The van der Waals surface area contributed by atoms with Crippen LogP contribution < -0.4 is 10.6 Å². The Hall–Kier alpha value is -6.47. The average molecular weight is 866 g/mol. The summed E-state index contributed by atoms with van der Waals surface area (Å²) in [6.07, 6.45) is 0.776. The minimum absolute atomic E-state index is 0.0179. The molecular formula is C48H40ClN5O5S2. The van der Waals surface area contributed by atoms with Gasteiger partial charge in [0.2, 0.25) is 0 Å². The summed E-state index contributed by atoms with van der Waals surface area (Å²) in [5, 5.41) is 12.4. The van der Waals surface area contributed by atoms with E-state index < -0.39 is 40.8 Å². The molecule has 3 heterocycles. The number of aromatic nitrogens is 1. The van der Waals surface area contributed by atoms with Crippen LogP contribution in [0.5, 0.6) is 0 Å². The summed E-state index contributed by atoms with van der Waals surface area (Å²) < 4.78 is 6.18. The van der Waals surface area contributed by atoms with Crippen molar-refractivity contribution in [3.63, 3.8) is 0 Å². The summed E-state index contributed by atoms with van der Waals surface area (Å²) in [7, 11) is 0. The fourth-order valence-corrected chi connectivity index (χ4v) is 9.90. The Labute approximate surface area is 367 Å². The Morgan fingerprint density at radius 1 is 0.852 bits per heavy atom. The van der Waals surface area contributed by atoms with Gasteiger partial charge in [-0.25, -0.2) is 9.78 Å². The number of nitrogens with zero attached hydrogens (tertiary/aromatic N) is 3. The van der Waals surface area contributed by atoms with Crippen LogP contribution in [0.15, 0.2) is 186 Å². The third-order valence-electron chi connectivity index (χ3n) is 10.3. The van der Waals surface area contributed by atoms with Gasteiger partial charge in [0.25, 0.3) is 11.8 Å². The number of carbonyl (C=O) groups is 3. The number of rotatable bonds is 16. The van der Waals surface area contributed by atoms with E-state index in [1.807, 2.05) is 115 Å². The molecule has 0 spiro atoms. The zero-order valence-electron chi connectivity index (χ0n) is 32.7. The van der Waals surface area contributed by atoms with Crippen LogP contribution in [0.4, 0.5) is 5.13 Å². The lowest BCUT2D eigenvalue weighted by molar-refractivity contribution is -0.154. The molecule has 8 rings (SSSR count). The lowest BCUT2D eigenvalue weighted by Crippen LogP contribution is -2.71. The second kappa shape index (κ2) is 18.8. The van der Waals surface area contributed by atoms with E-state index in [9.17, 15) is 14.4 Å². The van der Waals surface area contributed by atoms with Gasteiger partial charge < -0.3 is 20.2 Å². The maximum absolute atomic E-state index is 14.2. The zero-order chi connectivity index (χ0) is 42.2. The number of β-lactam (4-membered cyclic amide) rings is 1. The van der Waals surface area contributed by atoms with E-state index in [-0.39, 0.29) is 29.6 Å². The first kappa shape index (κ1) is 41.3. The molecule has 2 amide bonds. The smallest absolute Gasteiger partial charge is 0.356 e. The maximum Gasteiger partial charge on any atom is 0.356 e. The van der Waals surface area contributed by atoms with Gasteiger partial charge in [0.05, 0.1) is 0 Å². The summed E-state index contributed by atoms with van der Waals surface area (Å²) in [4.78, 5) is 54.1. The highest BCUT2D eigenvalue weighted by molar-refractivity contribution is 8.00. The fraction of sp³-hybridized carbons (Fsp3) is 0.146. The molecule has 2 atom stereocenters. The van der Waals surface area contributed by atoms with E-state index >= 15 is 0 Å². The number of nitrogens with one attached hydrogen (secondary N) is 2. The van der Waals surface area contributed by atoms with Crippen molar-refractivity contribution >= 4 is 63.3 Å². The molecule has 2 aliphatic heterocycles. The molecule has 1 aromatic heterocycles. The number of thioether (sulfide) groups is 1. The third kappa shape index (κ3) is 8.47. The second-order valence-corrected chi connectivity index (χ2v) is 16.3. The SMILES string of the molecule is C=CCON=C(C(=O)NC1C(=O)N2C(C(=O)OC(c3ccccc3)c3ccccc3)=C(CCl)CS[C@@H]12)c1csc(NC(c2ccccc2)(c2ccccc2)c2ccccc2)n1. The van der Waals surface area contributed by atoms with Gasteiger partial charge in [0, 0.05) is 17.0 Å². The molecule has 10 nitrogen and oxygen atoms in total. The Morgan fingerprint density at radius 2 is 1.38 bits per heavy atom. The number of fused-ring (bicyclic) bond motifs is 1. The standard InChI is InChI=1S/C48H40ClN5O5S2/c1-2-28-58-53-39(38-31-61-47(50-38)52-48(35-22-12-5-13-23-35,36-24-14-6-15-25-36)37-26-16-7-17-27-37)43(55)51-40-44(56)54-41(34(29-49)30-60-45(40)54)46(57)59-42(32-18-8-3-9-19-32)33-20-10-4-11-21-33/h2-27,31,40,42,45H,1,28-30H2,(H,50,52)(H,51,55)/t40?,45-/m0/s1. The number of amides is 2. The van der Waals surface area contributed by atoms with Gasteiger partial charge in [0.1, 0.15) is 35.0 Å². The van der Waals surface area contributed by atoms with Crippen LogP contribution in [0.2, 0.25) is 0 Å². The van der Waals surface area contributed by atoms with Gasteiger partial charge in [-0.05, 0) is 33.4 Å². The Bertz CT molecular complexity index is 2420. The van der Waals surface area contributed by atoms with Crippen molar-refractivity contribution in [1.29, 1.82) is 0 Å². The first-order valence-electron chi connectivity index (χ1n) is 19.5. The number of thiazole rings is 1. The van der Waals surface area contributed by atoms with E-state index in [1.165, 1.54) is 34.1 Å². The molecule has 6 aromatic rings. The largest absolute Gasteiger partial charge is 0.448 e. The molecule has 0 radical (unpaired) electrons. The van der Waals surface area contributed by atoms with Gasteiger partial charge >= 0.3 is 5.97 Å². The van der Waals surface area contributed by atoms with Crippen LogP contribution in [0.25, 0.3) is 0 Å². The maximum atomic E-state index is 14.2. The topological polar surface area (TPSA) is 122 Å². The average Bonchev–Trinajstić information content (AvgIpc) is 3.79. The number of carbonyl (C=O) groups excluding carboxylic acids is 3. The highest BCUT2D eigenvalue weighted by Crippen LogP contribution is 2.43. The number of alkyl halides is 1. The second-order valence-electron chi connectivity index (χ2n) is 14.1. The number of oxime groups is 1. The number of benzene rings is 5. The van der Waals surface area contributed by atoms with Crippen LogP contribution in [-0.4, -0.2) is 63.0 Å². The number of esters is 1. The molecule has 0 aliphatic carbocycles. The Morgan fingerprint density at radius 3 is 1.89 bits per heavy atom. The van der Waals surface area contributed by atoms with Crippen molar-refractivity contribution in [2.24, 2.45) is 5.16 Å². The van der Waals surface area contributed by atoms with Crippen LogP contribution in [0.3, 0.4) is 0 Å². The number of hydrogen-bond acceptors (Lipinski definition) is 10. The molecule has 2 aliphatic rings. The van der Waals surface area contributed by atoms with E-state index in [4.69, 9.17) is 26.2 Å². The fourth-order valence-electron chi connectivity index (χ4n) is 7.47. The lowest BCUT2D eigenvalue weighted by Gasteiger charge is -2.49. The Kier molecular flexibility index (Phi) is 12.8. The van der Waals surface area contributed by atoms with Crippen LogP contribution in [0.1, 0.15) is 39.6 Å². The van der Waals surface area contributed by atoms with Crippen LogP contribution in [-0.2, 0) is 29.5 Å². The molecule has 1 saturated heterocycles. The van der Waals surface area contributed by atoms with Crippen LogP contribution in [0, 0.1) is 0 Å². The molecule has 0 bridgehead atoms. The predicted octanol–water partition coefficient (Wildman–Crippen LogP) is 8.68. The van der Waals surface area contributed by atoms with E-state index in [0.717, 1.165) is 27.8 Å². The minimum Gasteiger partial charge on any atom is -0.448 e. The van der Waals surface area contributed by atoms with E-state index in [0.29, 0.717) is 16.5 Å². The first-order valence-corrected chi connectivity index (χ1v) is 21.9. The van der Waals surface area contributed by atoms with Crippen molar-refractivity contribution in [2.45, 2.75) is 23.1 Å². The van der Waals surface area contributed by atoms with E-state index in [2.05, 4.69) is 58.8 Å². The first-order chi connectivity index (χ1) is 29.9. The Balaban J connectivity index is 1.05. The lowest BCUT2D eigenvalue weighted by atomic mass is 9.77. The molecule has 2 N–H and O–H groups in total. The highest BCUT2D eigenvalue weighted by atomic mass is 35.5. The summed E-state index contributed by atoms with van der Waals surface area (Å²) in [5.41, 5.74) is 4.37. The number of halogens is 1. The molecule has 1 fully saturated rings. The number of ether oxygens (including phenoxy) is 1. The van der Waals surface area contributed by atoms with Crippen molar-refractivity contribution in [3.8, 4) is 0 Å². The van der Waals surface area contributed by atoms with Crippen LogP contribution >= 0.6 is 34.7 Å². The van der Waals surface area contributed by atoms with E-state index in [1.54, 1.807) is 5.38 Å².